The van der Waals surface area contributed by atoms with E-state index in [9.17, 15) is 4.79 Å². The van der Waals surface area contributed by atoms with Crippen molar-refractivity contribution in [2.75, 3.05) is 5.73 Å². The van der Waals surface area contributed by atoms with Crippen molar-refractivity contribution < 1.29 is 26.0 Å². The maximum absolute atomic E-state index is 10.8. The van der Waals surface area contributed by atoms with Gasteiger partial charge in [-0.15, -0.1) is 0 Å². The molecule has 0 spiro atoms. The molecule has 0 aliphatic rings. The molecule has 0 aliphatic heterocycles. The van der Waals surface area contributed by atoms with Crippen molar-refractivity contribution in [2.24, 2.45) is 0 Å². The Balaban J connectivity index is 2.89. The molecule has 0 amide bonds. The summed E-state index contributed by atoms with van der Waals surface area (Å²) < 4.78 is 1.34. The van der Waals surface area contributed by atoms with Gasteiger partial charge in [0.2, 0.25) is 0 Å². The number of aryl methyl sites for hydroxylation is 1. The first-order valence-corrected chi connectivity index (χ1v) is 6.53. The second-order valence-electron chi connectivity index (χ2n) is 2.32. The van der Waals surface area contributed by atoms with Gasteiger partial charge in [0, 0.05) is 0 Å². The molecule has 0 aromatic heterocycles. The molecule has 0 heterocycles. The Labute approximate surface area is 95.3 Å². The summed E-state index contributed by atoms with van der Waals surface area (Å²) in [6.45, 7) is 1.96. The summed E-state index contributed by atoms with van der Waals surface area (Å²) in [5, 5.41) is 0. The van der Waals surface area contributed by atoms with Crippen LogP contribution in [0, 0.1) is 10.5 Å². The molecule has 0 saturated heterocycles. The minimum atomic E-state index is -0.495. The van der Waals surface area contributed by atoms with E-state index in [2.05, 4.69) is 0 Å². The van der Waals surface area contributed by atoms with Gasteiger partial charge in [0.15, 0.2) is 0 Å². The maximum atomic E-state index is 10.8. The van der Waals surface area contributed by atoms with Gasteiger partial charge in [-0.1, -0.05) is 0 Å². The van der Waals surface area contributed by atoms with Crippen LogP contribution in [0.2, 0.25) is 0 Å². The van der Waals surface area contributed by atoms with E-state index in [4.69, 9.17) is 5.73 Å². The number of benzene rings is 1. The Morgan fingerprint density at radius 3 is 2.75 bits per heavy atom. The number of halogens is 2. The summed E-state index contributed by atoms with van der Waals surface area (Å²) in [6, 6.07) is 5.85. The van der Waals surface area contributed by atoms with Gasteiger partial charge in [-0.3, -0.25) is 0 Å². The van der Waals surface area contributed by atoms with Crippen molar-refractivity contribution in [1.29, 1.82) is 0 Å². The quantitative estimate of drug-likeness (QED) is 0.418. The third-order valence-electron chi connectivity index (χ3n) is 1.42. The molecule has 2 N–H and O–H groups in total. The van der Waals surface area contributed by atoms with Crippen LogP contribution in [0.25, 0.3) is 0 Å². The van der Waals surface area contributed by atoms with Gasteiger partial charge in [-0.2, -0.15) is 0 Å². The van der Waals surface area contributed by atoms with E-state index >= 15 is 0 Å². The van der Waals surface area contributed by atoms with Crippen LogP contribution in [-0.2, 0) is 0 Å². The van der Waals surface area contributed by atoms with Gasteiger partial charge in [-0.05, 0) is 0 Å². The van der Waals surface area contributed by atoms with E-state index in [0.29, 0.717) is 0 Å². The van der Waals surface area contributed by atoms with Gasteiger partial charge in [0.25, 0.3) is 0 Å². The van der Waals surface area contributed by atoms with Crippen LogP contribution in [0.3, 0.4) is 0 Å². The van der Waals surface area contributed by atoms with Gasteiger partial charge >= 0.3 is 96.1 Å². The molecule has 1 aromatic rings. The summed E-state index contributed by atoms with van der Waals surface area (Å²) in [4.78, 5) is 10.8. The fourth-order valence-corrected chi connectivity index (χ4v) is 3.68. The molecule has 4 heteroatoms. The van der Waals surface area contributed by atoms with Crippen LogP contribution in [0.1, 0.15) is 5.56 Å². The molecule has 2 nitrogen and oxygen atoms in total. The van der Waals surface area contributed by atoms with E-state index in [-0.39, 0.29) is 1.80 Å². The molecule has 66 valence electrons. The molecule has 0 saturated carbocycles. The van der Waals surface area contributed by atoms with Crippen molar-refractivity contribution in [1.82, 2.24) is 0 Å². The van der Waals surface area contributed by atoms with Crippen molar-refractivity contribution in [3.05, 3.63) is 27.3 Å². The van der Waals surface area contributed by atoms with Crippen LogP contribution in [0.5, 0.6) is 0 Å². The number of carbonyl (C=O) groups is 1. The summed E-state index contributed by atoms with van der Waals surface area (Å²) >= 11 is 1.34. The number of hydrogen-bond acceptors (Lipinski definition) is 2. The average molecular weight is 388 g/mol. The average Bonchev–Trinajstić information content (AvgIpc) is 1.96. The molecule has 0 atom stereocenters. The third-order valence-corrected chi connectivity index (χ3v) is 4.51. The fraction of sp³-hybridized carbons (Fsp3) is 0.125. The first kappa shape index (κ1) is 10.2. The Morgan fingerprint density at radius 2 is 2.25 bits per heavy atom. The molecule has 0 radical (unpaired) electrons. The number of nitrogen functional groups attached to an aromatic ring is 1. The Kier molecular flexibility index (Phi) is 3.76. The molecule has 0 fully saturated rings. The number of carbonyl (C=O) groups excluding carboxylic acids is 1. The molecule has 12 heavy (non-hydrogen) atoms. The third kappa shape index (κ3) is 2.89. The van der Waals surface area contributed by atoms with Crippen molar-refractivity contribution in [3.8, 4) is 0 Å². The van der Waals surface area contributed by atoms with Crippen LogP contribution >= 0.6 is 22.6 Å². The molecular weight excluding hydrogens is 380 g/mol. The van der Waals surface area contributed by atoms with Crippen LogP contribution < -0.4 is 26.9 Å². The number of nitrogens with two attached hydrogens (primary N) is 1. The van der Waals surface area contributed by atoms with E-state index in [1.807, 2.05) is 47.7 Å². The Hall–Kier alpha value is 0.150. The second kappa shape index (κ2) is 4.40. The van der Waals surface area contributed by atoms with Gasteiger partial charge < -0.3 is 0 Å². The molecule has 0 bridgehead atoms. The predicted molar refractivity (Wildman–Crippen MR) is 53.7 cm³/mol. The van der Waals surface area contributed by atoms with Gasteiger partial charge in [0.1, 0.15) is 0 Å². The number of rotatable bonds is 2. The first-order valence-electron chi connectivity index (χ1n) is 3.30. The zero-order valence-corrected chi connectivity index (χ0v) is 10.8. The van der Waals surface area contributed by atoms with Gasteiger partial charge in [0.05, 0.1) is 0 Å². The zero-order valence-electron chi connectivity index (χ0n) is 6.47. The minimum absolute atomic E-state index is 0.245. The molecule has 0 unspecified atom stereocenters. The molecule has 1 aromatic carbocycles. The van der Waals surface area contributed by atoms with E-state index in [0.717, 1.165) is 14.8 Å². The SMILES string of the molecule is Cc1ccc([I-]C(=O)I)cc1N. The normalized spacial score (nSPS) is 10.2. The van der Waals surface area contributed by atoms with Crippen LogP contribution in [0.15, 0.2) is 18.2 Å². The van der Waals surface area contributed by atoms with Crippen LogP contribution in [-0.4, -0.2) is 1.80 Å². The Morgan fingerprint density at radius 1 is 1.58 bits per heavy atom. The number of hydrogen-bond donors (Lipinski definition) is 1. The molecular formula is C8H8I2NO-. The summed E-state index contributed by atoms with van der Waals surface area (Å²) in [5.74, 6) is 0. The Bertz CT molecular complexity index is 312. The van der Waals surface area contributed by atoms with Crippen molar-refractivity contribution in [3.63, 3.8) is 0 Å². The molecule has 0 aliphatic carbocycles. The van der Waals surface area contributed by atoms with E-state index in [1.165, 1.54) is 0 Å². The topological polar surface area (TPSA) is 43.1 Å². The number of anilines is 1. The van der Waals surface area contributed by atoms with Crippen molar-refractivity contribution in [2.45, 2.75) is 6.92 Å². The zero-order chi connectivity index (χ0) is 9.14. The fourth-order valence-electron chi connectivity index (χ4n) is 0.756. The standard InChI is InChI=1S/C8H8I2NO/c1-5-2-3-6(4-7(5)11)10-8(9)12/h2-4H,11H2,1H3/q-1. The first-order chi connectivity index (χ1) is 5.59. The monoisotopic (exact) mass is 388 g/mol. The predicted octanol–water partition coefficient (Wildman–Crippen LogP) is -0.609. The summed E-state index contributed by atoms with van der Waals surface area (Å²) in [6.07, 6.45) is 0. The second-order valence-corrected chi connectivity index (χ2v) is 8.13. The van der Waals surface area contributed by atoms with Gasteiger partial charge in [-0.25, -0.2) is 0 Å². The summed E-state index contributed by atoms with van der Waals surface area (Å²) in [5.41, 5.74) is 7.56. The van der Waals surface area contributed by atoms with E-state index in [1.54, 1.807) is 0 Å². The molecule has 1 rings (SSSR count). The van der Waals surface area contributed by atoms with Crippen molar-refractivity contribution >= 4 is 30.1 Å². The summed E-state index contributed by atoms with van der Waals surface area (Å²) in [7, 11) is 0. The van der Waals surface area contributed by atoms with Crippen LogP contribution in [0.4, 0.5) is 10.5 Å². The van der Waals surface area contributed by atoms with E-state index < -0.39 is 21.2 Å².